The van der Waals surface area contributed by atoms with E-state index in [1.807, 2.05) is 6.61 Å². The van der Waals surface area contributed by atoms with Crippen LogP contribution in [0.5, 0.6) is 0 Å². The van der Waals surface area contributed by atoms with Gasteiger partial charge in [0, 0.05) is 0 Å². The van der Waals surface area contributed by atoms with E-state index in [1.165, 1.54) is 0 Å². The molecule has 8 heavy (non-hydrogen) atoms. The van der Waals surface area contributed by atoms with Crippen LogP contribution >= 0.6 is 0 Å². The Morgan fingerprint density at radius 3 is 2.12 bits per heavy atom. The van der Waals surface area contributed by atoms with Gasteiger partial charge in [0.05, 0.1) is 0 Å². The first kappa shape index (κ1) is 11.6. The summed E-state index contributed by atoms with van der Waals surface area (Å²) in [6.07, 6.45) is 1.03. The normalized spacial score (nSPS) is 9.00. The predicted octanol–water partition coefficient (Wildman–Crippen LogP) is -1.44. The fraction of sp³-hybridized carbons (Fsp3) is 0.800. The third-order valence-electron chi connectivity index (χ3n) is 0.535. The van der Waals surface area contributed by atoms with Crippen molar-refractivity contribution in [2.45, 2.75) is 26.4 Å². The van der Waals surface area contributed by atoms with E-state index in [0.29, 0.717) is 0 Å². The van der Waals surface area contributed by atoms with Crippen LogP contribution in [0.25, 0.3) is 0 Å². The Labute approximate surface area is 65.7 Å². The van der Waals surface area contributed by atoms with E-state index in [1.54, 1.807) is 0 Å². The first-order chi connectivity index (χ1) is 3.27. The first-order valence-corrected chi connectivity index (χ1v) is 5.52. The summed E-state index contributed by atoms with van der Waals surface area (Å²) in [6.45, 7) is 8.28. The molecule has 0 rings (SSSR count). The van der Waals surface area contributed by atoms with Gasteiger partial charge in [0.15, 0.2) is 0 Å². The third kappa shape index (κ3) is 9.91. The Balaban J connectivity index is 0. The average molecular weight is 124 g/mol. The second-order valence-corrected chi connectivity index (χ2v) is 4.13. The van der Waals surface area contributed by atoms with E-state index in [-0.39, 0.29) is 18.9 Å². The van der Waals surface area contributed by atoms with E-state index in [2.05, 4.69) is 20.0 Å². The summed E-state index contributed by atoms with van der Waals surface area (Å²) >= 11 is 0. The Bertz CT molecular complexity index is 41.4. The molecule has 0 atom stereocenters. The molecule has 0 fully saturated rings. The summed E-state index contributed by atoms with van der Waals surface area (Å²) in [4.78, 5) is 0. The van der Waals surface area contributed by atoms with E-state index in [9.17, 15) is 0 Å². The molecule has 0 aliphatic rings. The second-order valence-electron chi connectivity index (χ2n) is 1.76. The summed E-state index contributed by atoms with van der Waals surface area (Å²) in [5, 5.41) is 0. The van der Waals surface area contributed by atoms with Crippen molar-refractivity contribution in [3.8, 4) is 0 Å². The maximum absolute atomic E-state index is 5.20. The largest absolute Gasteiger partial charge is 1.00 e. The molecule has 0 aromatic carbocycles. The molecule has 0 aromatic heterocycles. The molecular formula is C5H13LiOSi. The minimum absolute atomic E-state index is 0. The summed E-state index contributed by atoms with van der Waals surface area (Å²) in [7, 11) is -0.744. The molecule has 0 aliphatic heterocycles. The fourth-order valence-electron chi connectivity index (χ4n) is 0.289. The monoisotopic (exact) mass is 124 g/mol. The fourth-order valence-corrected chi connectivity index (χ4v) is 0.866. The Hall–Kier alpha value is 0.774. The number of hydrogen-bond acceptors (Lipinski definition) is 1. The molecule has 0 saturated carbocycles. The smallest absolute Gasteiger partial charge is 0.595 e. The molecule has 3 heteroatoms. The van der Waals surface area contributed by atoms with Crippen LogP contribution in [0.3, 0.4) is 0 Å². The molecule has 0 heterocycles. The van der Waals surface area contributed by atoms with Gasteiger partial charge in [-0.3, -0.25) is 0 Å². The summed E-state index contributed by atoms with van der Waals surface area (Å²) < 4.78 is 5.20. The standard InChI is InChI=1S/C5H13OSi.Li/c1-4-5-6-7(2)3;/h5,7H,4H2,1-3H3;/q-1;+1. The molecular weight excluding hydrogens is 111 g/mol. The van der Waals surface area contributed by atoms with Gasteiger partial charge in [-0.25, -0.2) is 6.61 Å². The molecule has 0 saturated heterocycles. The van der Waals surface area contributed by atoms with Crippen LogP contribution in [-0.4, -0.2) is 9.04 Å². The molecule has 44 valence electrons. The second kappa shape index (κ2) is 7.77. The van der Waals surface area contributed by atoms with Crippen molar-refractivity contribution in [2.75, 3.05) is 0 Å². The molecule has 0 unspecified atom stereocenters. The van der Waals surface area contributed by atoms with Gasteiger partial charge in [0.2, 0.25) is 0 Å². The minimum Gasteiger partial charge on any atom is -0.595 e. The van der Waals surface area contributed by atoms with Gasteiger partial charge >= 0.3 is 18.9 Å². The Morgan fingerprint density at radius 2 is 2.00 bits per heavy atom. The van der Waals surface area contributed by atoms with Crippen LogP contribution in [0.4, 0.5) is 0 Å². The van der Waals surface area contributed by atoms with Gasteiger partial charge in [0.1, 0.15) is 9.04 Å². The van der Waals surface area contributed by atoms with Crippen LogP contribution < -0.4 is 18.9 Å². The molecule has 0 N–H and O–H groups in total. The molecule has 0 aromatic rings. The number of rotatable bonds is 3. The van der Waals surface area contributed by atoms with Gasteiger partial charge in [0.25, 0.3) is 0 Å². The average Bonchev–Trinajstić information content (AvgIpc) is 1.61. The molecule has 0 amide bonds. The molecule has 0 bridgehead atoms. The zero-order valence-corrected chi connectivity index (χ0v) is 7.42. The molecule has 1 nitrogen and oxygen atoms in total. The summed E-state index contributed by atoms with van der Waals surface area (Å²) in [6, 6.07) is 0. The maximum Gasteiger partial charge on any atom is 1.00 e. The van der Waals surface area contributed by atoms with Gasteiger partial charge < -0.3 is 4.43 Å². The van der Waals surface area contributed by atoms with Gasteiger partial charge in [-0.2, -0.15) is 6.42 Å². The van der Waals surface area contributed by atoms with E-state index in [4.69, 9.17) is 4.43 Å². The number of hydrogen-bond donors (Lipinski definition) is 0. The van der Waals surface area contributed by atoms with Crippen molar-refractivity contribution in [1.82, 2.24) is 0 Å². The van der Waals surface area contributed by atoms with Gasteiger partial charge in [-0.05, 0) is 0 Å². The molecule has 0 aliphatic carbocycles. The molecule has 0 radical (unpaired) electrons. The van der Waals surface area contributed by atoms with Crippen molar-refractivity contribution in [2.24, 2.45) is 0 Å². The van der Waals surface area contributed by atoms with Crippen molar-refractivity contribution in [3.05, 3.63) is 6.61 Å². The van der Waals surface area contributed by atoms with E-state index < -0.39 is 9.04 Å². The third-order valence-corrected chi connectivity index (χ3v) is 1.27. The quantitative estimate of drug-likeness (QED) is 0.331. The molecule has 0 spiro atoms. The van der Waals surface area contributed by atoms with Crippen molar-refractivity contribution in [3.63, 3.8) is 0 Å². The van der Waals surface area contributed by atoms with Crippen molar-refractivity contribution < 1.29 is 23.3 Å². The Morgan fingerprint density at radius 1 is 1.50 bits per heavy atom. The zero-order chi connectivity index (χ0) is 5.70. The minimum atomic E-state index is -0.744. The van der Waals surface area contributed by atoms with Crippen LogP contribution in [0.1, 0.15) is 13.3 Å². The van der Waals surface area contributed by atoms with Gasteiger partial charge in [-0.15, -0.1) is 0 Å². The Kier molecular flexibility index (Phi) is 11.2. The zero-order valence-electron chi connectivity index (χ0n) is 6.27. The first-order valence-electron chi connectivity index (χ1n) is 2.74. The van der Waals surface area contributed by atoms with Crippen LogP contribution in [0, 0.1) is 6.61 Å². The van der Waals surface area contributed by atoms with Gasteiger partial charge in [-0.1, -0.05) is 20.0 Å². The summed E-state index contributed by atoms with van der Waals surface area (Å²) in [5.74, 6) is 0. The van der Waals surface area contributed by atoms with Crippen LogP contribution in [0.2, 0.25) is 13.1 Å². The van der Waals surface area contributed by atoms with Crippen LogP contribution in [-0.2, 0) is 4.43 Å². The van der Waals surface area contributed by atoms with Crippen molar-refractivity contribution >= 4 is 9.04 Å². The van der Waals surface area contributed by atoms with Crippen molar-refractivity contribution in [1.29, 1.82) is 0 Å². The SMILES string of the molecule is CC[CH-]O[SiH](C)C.[Li+]. The topological polar surface area (TPSA) is 9.23 Å². The predicted molar refractivity (Wildman–Crippen MR) is 34.6 cm³/mol. The van der Waals surface area contributed by atoms with Crippen LogP contribution in [0.15, 0.2) is 0 Å². The summed E-state index contributed by atoms with van der Waals surface area (Å²) in [5.41, 5.74) is 0. The maximum atomic E-state index is 5.20. The van der Waals surface area contributed by atoms with E-state index >= 15 is 0 Å². The van der Waals surface area contributed by atoms with E-state index in [0.717, 1.165) is 6.42 Å².